The molecule has 1 atom stereocenters. The molecule has 1 aromatic rings. The number of hydrogen-bond donors (Lipinski definition) is 1. The minimum atomic E-state index is -0.570. The summed E-state index contributed by atoms with van der Waals surface area (Å²) in [6.45, 7) is 8.08. The predicted octanol–water partition coefficient (Wildman–Crippen LogP) is 1.35. The molecule has 0 bridgehead atoms. The molecule has 0 aliphatic carbocycles. The van der Waals surface area contributed by atoms with Gasteiger partial charge in [0, 0.05) is 44.8 Å². The van der Waals surface area contributed by atoms with Crippen molar-refractivity contribution in [2.24, 2.45) is 0 Å². The summed E-state index contributed by atoms with van der Waals surface area (Å²) in [5, 5.41) is 10.3. The molecule has 2 aliphatic heterocycles. The number of carbonyl (C=O) groups is 1. The predicted molar refractivity (Wildman–Crippen MR) is 95.2 cm³/mol. The summed E-state index contributed by atoms with van der Waals surface area (Å²) < 4.78 is 13.7. The molecule has 3 rings (SSSR count). The number of amides is 1. The van der Waals surface area contributed by atoms with E-state index in [0.29, 0.717) is 30.8 Å². The van der Waals surface area contributed by atoms with Crippen molar-refractivity contribution in [3.05, 3.63) is 35.1 Å². The quantitative estimate of drug-likeness (QED) is 0.891. The van der Waals surface area contributed by atoms with E-state index in [2.05, 4.69) is 9.80 Å². The van der Waals surface area contributed by atoms with Crippen molar-refractivity contribution in [3.8, 4) is 0 Å². The molecule has 0 saturated carbocycles. The summed E-state index contributed by atoms with van der Waals surface area (Å²) in [7, 11) is 0. The maximum Gasteiger partial charge on any atom is 0.254 e. The lowest BCUT2D eigenvalue weighted by Gasteiger charge is -2.24. The van der Waals surface area contributed by atoms with Gasteiger partial charge in [-0.2, -0.15) is 0 Å². The van der Waals surface area contributed by atoms with Crippen LogP contribution in [0.4, 0.5) is 4.39 Å². The molecule has 0 unspecified atom stereocenters. The van der Waals surface area contributed by atoms with Crippen LogP contribution < -0.4 is 0 Å². The van der Waals surface area contributed by atoms with Crippen LogP contribution in [0.3, 0.4) is 0 Å². The van der Waals surface area contributed by atoms with Crippen LogP contribution in [0.5, 0.6) is 0 Å². The molecule has 0 radical (unpaired) electrons. The first kappa shape index (κ1) is 18.3. The second kappa shape index (κ2) is 8.25. The molecule has 2 fully saturated rings. The molecular weight excluding hydrogens is 321 g/mol. The van der Waals surface area contributed by atoms with Gasteiger partial charge in [0.1, 0.15) is 5.82 Å². The third kappa shape index (κ3) is 4.57. The summed E-state index contributed by atoms with van der Waals surface area (Å²) >= 11 is 0. The molecule has 2 saturated heterocycles. The van der Waals surface area contributed by atoms with Gasteiger partial charge in [-0.1, -0.05) is 6.07 Å². The third-order valence-electron chi connectivity index (χ3n) is 5.30. The summed E-state index contributed by atoms with van der Waals surface area (Å²) in [6.07, 6.45) is 1.98. The minimum Gasteiger partial charge on any atom is -0.390 e. The highest BCUT2D eigenvalue weighted by molar-refractivity contribution is 5.95. The number of nitrogens with zero attached hydrogens (tertiary/aromatic N) is 3. The van der Waals surface area contributed by atoms with E-state index >= 15 is 0 Å². The van der Waals surface area contributed by atoms with Crippen LogP contribution in [0.15, 0.2) is 18.2 Å². The largest absolute Gasteiger partial charge is 0.390 e. The number of likely N-dealkylation sites (tertiary alicyclic amines) is 1. The summed E-state index contributed by atoms with van der Waals surface area (Å²) in [6, 6.07) is 4.58. The van der Waals surface area contributed by atoms with Crippen molar-refractivity contribution in [2.75, 3.05) is 52.4 Å². The van der Waals surface area contributed by atoms with Crippen molar-refractivity contribution in [1.82, 2.24) is 14.7 Å². The Labute approximate surface area is 149 Å². The van der Waals surface area contributed by atoms with Crippen molar-refractivity contribution >= 4 is 5.91 Å². The average molecular weight is 349 g/mol. The average Bonchev–Trinajstić information content (AvgIpc) is 3.04. The minimum absolute atomic E-state index is 0.197. The van der Waals surface area contributed by atoms with Crippen LogP contribution >= 0.6 is 0 Å². The van der Waals surface area contributed by atoms with Gasteiger partial charge >= 0.3 is 0 Å². The number of halogens is 1. The highest BCUT2D eigenvalue weighted by Gasteiger charge is 2.26. The molecule has 1 aromatic carbocycles. The van der Waals surface area contributed by atoms with Gasteiger partial charge in [-0.3, -0.25) is 9.69 Å². The fourth-order valence-electron chi connectivity index (χ4n) is 3.74. The number of β-amino-alcohol motifs (C(OH)–C–C–N with tert-alkyl or cyclic N) is 1. The zero-order chi connectivity index (χ0) is 17.8. The number of hydrogen-bond acceptors (Lipinski definition) is 4. The van der Waals surface area contributed by atoms with Gasteiger partial charge < -0.3 is 14.9 Å². The van der Waals surface area contributed by atoms with Crippen LogP contribution in [-0.2, 0) is 0 Å². The van der Waals surface area contributed by atoms with Gasteiger partial charge in [-0.05, 0) is 50.6 Å². The molecule has 138 valence electrons. The highest BCUT2D eigenvalue weighted by atomic mass is 19.1. The van der Waals surface area contributed by atoms with Crippen LogP contribution in [0.2, 0.25) is 0 Å². The van der Waals surface area contributed by atoms with Gasteiger partial charge in [0.15, 0.2) is 0 Å². The second-order valence-electron chi connectivity index (χ2n) is 7.17. The lowest BCUT2D eigenvalue weighted by molar-refractivity contribution is 0.0661. The monoisotopic (exact) mass is 349 g/mol. The zero-order valence-corrected chi connectivity index (χ0v) is 15.0. The number of rotatable bonds is 4. The molecule has 5 nitrogen and oxygen atoms in total. The van der Waals surface area contributed by atoms with Gasteiger partial charge in [-0.25, -0.2) is 4.39 Å². The first-order valence-electron chi connectivity index (χ1n) is 9.22. The Hall–Kier alpha value is -1.50. The van der Waals surface area contributed by atoms with Gasteiger partial charge in [-0.15, -0.1) is 0 Å². The SMILES string of the molecule is Cc1c(F)cccc1C(=O)N1CCN(CCN2CCCC2)C[C@@H](O)C1. The topological polar surface area (TPSA) is 47.0 Å². The third-order valence-corrected chi connectivity index (χ3v) is 5.30. The molecule has 1 N–H and O–H groups in total. The number of carbonyl (C=O) groups excluding carboxylic acids is 1. The van der Waals surface area contributed by atoms with Crippen LogP contribution in [0.1, 0.15) is 28.8 Å². The molecule has 2 heterocycles. The molecule has 0 aromatic heterocycles. The van der Waals surface area contributed by atoms with Gasteiger partial charge in [0.05, 0.1) is 6.10 Å². The maximum absolute atomic E-state index is 13.7. The lowest BCUT2D eigenvalue weighted by Crippen LogP contribution is -2.38. The van der Waals surface area contributed by atoms with Crippen molar-refractivity contribution < 1.29 is 14.3 Å². The fourth-order valence-corrected chi connectivity index (χ4v) is 3.74. The van der Waals surface area contributed by atoms with E-state index in [9.17, 15) is 14.3 Å². The Morgan fingerprint density at radius 3 is 2.60 bits per heavy atom. The van der Waals surface area contributed by atoms with E-state index in [1.165, 1.54) is 32.0 Å². The Kier molecular flexibility index (Phi) is 6.04. The molecule has 0 spiro atoms. The zero-order valence-electron chi connectivity index (χ0n) is 15.0. The second-order valence-corrected chi connectivity index (χ2v) is 7.17. The van der Waals surface area contributed by atoms with Gasteiger partial charge in [0.25, 0.3) is 5.91 Å². The standard InChI is InChI=1S/C19H28FN3O2/c1-15-17(5-4-6-18(15)20)19(25)23-12-11-22(13-16(24)14-23)10-9-21-7-2-3-8-21/h4-6,16,24H,2-3,7-14H2,1H3/t16-/m1/s1. The van der Waals surface area contributed by atoms with E-state index in [-0.39, 0.29) is 11.7 Å². The van der Waals surface area contributed by atoms with Crippen LogP contribution in [-0.4, -0.2) is 84.2 Å². The van der Waals surface area contributed by atoms with Gasteiger partial charge in [0.2, 0.25) is 0 Å². The Bertz CT molecular complexity index is 604. The first-order chi connectivity index (χ1) is 12.0. The van der Waals surface area contributed by atoms with Crippen molar-refractivity contribution in [1.29, 1.82) is 0 Å². The van der Waals surface area contributed by atoms with E-state index in [1.807, 2.05) is 0 Å². The Morgan fingerprint density at radius 1 is 1.12 bits per heavy atom. The maximum atomic E-state index is 13.7. The summed E-state index contributed by atoms with van der Waals surface area (Å²) in [5.41, 5.74) is 0.759. The summed E-state index contributed by atoms with van der Waals surface area (Å²) in [5.74, 6) is -0.564. The van der Waals surface area contributed by atoms with Crippen molar-refractivity contribution in [2.45, 2.75) is 25.9 Å². The molecule has 1 amide bonds. The molecule has 25 heavy (non-hydrogen) atoms. The Morgan fingerprint density at radius 2 is 1.84 bits per heavy atom. The van der Waals surface area contributed by atoms with Crippen molar-refractivity contribution in [3.63, 3.8) is 0 Å². The normalized spacial score (nSPS) is 23.0. The van der Waals surface area contributed by atoms with Crippen LogP contribution in [0.25, 0.3) is 0 Å². The lowest BCUT2D eigenvalue weighted by atomic mass is 10.1. The molecule has 2 aliphatic rings. The smallest absolute Gasteiger partial charge is 0.254 e. The van der Waals surface area contributed by atoms with E-state index in [4.69, 9.17) is 0 Å². The van der Waals surface area contributed by atoms with E-state index < -0.39 is 6.10 Å². The highest BCUT2D eigenvalue weighted by Crippen LogP contribution is 2.16. The molecule has 6 heteroatoms. The molecular formula is C19H28FN3O2. The fraction of sp³-hybridized carbons (Fsp3) is 0.632. The van der Waals surface area contributed by atoms with E-state index in [0.717, 1.165) is 19.6 Å². The summed E-state index contributed by atoms with van der Waals surface area (Å²) in [4.78, 5) is 19.1. The number of benzene rings is 1. The number of aliphatic hydroxyl groups excluding tert-OH is 1. The van der Waals surface area contributed by atoms with Crippen LogP contribution in [0, 0.1) is 12.7 Å². The van der Waals surface area contributed by atoms with E-state index in [1.54, 1.807) is 24.0 Å². The first-order valence-corrected chi connectivity index (χ1v) is 9.22. The Balaban J connectivity index is 1.60. The number of aliphatic hydroxyl groups is 1.